The van der Waals surface area contributed by atoms with Gasteiger partial charge in [-0.15, -0.1) is 0 Å². The summed E-state index contributed by atoms with van der Waals surface area (Å²) >= 11 is 0. The first-order valence-corrected chi connectivity index (χ1v) is 9.43. The third kappa shape index (κ3) is 3.83. The van der Waals surface area contributed by atoms with E-state index in [-0.39, 0.29) is 0 Å². The molecule has 0 aliphatic carbocycles. The fourth-order valence-electron chi connectivity index (χ4n) is 3.47. The smallest absolute Gasteiger partial charge is 0.159 e. The van der Waals surface area contributed by atoms with Crippen LogP contribution in [0.4, 0.5) is 14.6 Å². The van der Waals surface area contributed by atoms with Gasteiger partial charge in [-0.2, -0.15) is 9.61 Å². The number of likely N-dealkylation sites (N-methyl/N-ethyl adjacent to an activating group) is 1. The van der Waals surface area contributed by atoms with Crippen molar-refractivity contribution in [3.8, 4) is 11.3 Å². The van der Waals surface area contributed by atoms with Crippen molar-refractivity contribution < 1.29 is 8.78 Å². The van der Waals surface area contributed by atoms with Gasteiger partial charge in [0.15, 0.2) is 17.3 Å². The maximum Gasteiger partial charge on any atom is 0.159 e. The van der Waals surface area contributed by atoms with E-state index in [9.17, 15) is 8.78 Å². The van der Waals surface area contributed by atoms with E-state index in [0.29, 0.717) is 16.9 Å². The first-order valence-electron chi connectivity index (χ1n) is 9.43. The Labute approximate surface area is 163 Å². The molecule has 0 radical (unpaired) electrons. The van der Waals surface area contributed by atoms with Gasteiger partial charge in [-0.3, -0.25) is 4.90 Å². The van der Waals surface area contributed by atoms with Crippen molar-refractivity contribution in [3.63, 3.8) is 0 Å². The number of benzene rings is 1. The molecule has 1 aliphatic heterocycles. The van der Waals surface area contributed by atoms with E-state index in [2.05, 4.69) is 38.9 Å². The summed E-state index contributed by atoms with van der Waals surface area (Å²) < 4.78 is 28.8. The van der Waals surface area contributed by atoms with Gasteiger partial charge >= 0.3 is 0 Å². The van der Waals surface area contributed by atoms with E-state index in [1.165, 1.54) is 6.07 Å². The highest BCUT2D eigenvalue weighted by Gasteiger charge is 2.21. The molecule has 4 rings (SSSR count). The maximum absolute atomic E-state index is 13.7. The zero-order valence-electron chi connectivity index (χ0n) is 16.1. The molecule has 0 spiro atoms. The van der Waals surface area contributed by atoms with E-state index in [1.54, 1.807) is 16.8 Å². The van der Waals surface area contributed by atoms with Crippen molar-refractivity contribution in [2.75, 3.05) is 58.3 Å². The van der Waals surface area contributed by atoms with Crippen LogP contribution in [0.2, 0.25) is 0 Å². The lowest BCUT2D eigenvalue weighted by Gasteiger charge is -2.36. The normalized spacial score (nSPS) is 15.7. The Bertz CT molecular complexity index is 962. The molecule has 0 bridgehead atoms. The fourth-order valence-corrected chi connectivity index (χ4v) is 3.47. The molecule has 1 fully saturated rings. The number of fused-ring (bicyclic) bond motifs is 1. The van der Waals surface area contributed by atoms with Crippen LogP contribution in [-0.2, 0) is 0 Å². The second-order valence-corrected chi connectivity index (χ2v) is 7.36. The largest absolute Gasteiger partial charge is 0.354 e. The molecule has 3 heterocycles. The molecule has 28 heavy (non-hydrogen) atoms. The van der Waals surface area contributed by atoms with E-state index in [0.717, 1.165) is 51.2 Å². The molecule has 2 aromatic heterocycles. The molecule has 0 unspecified atom stereocenters. The highest BCUT2D eigenvalue weighted by molar-refractivity contribution is 5.67. The minimum Gasteiger partial charge on any atom is -0.354 e. The Balaban J connectivity index is 1.60. The Morgan fingerprint density at radius 3 is 2.50 bits per heavy atom. The third-order valence-electron chi connectivity index (χ3n) is 5.12. The van der Waals surface area contributed by atoms with Crippen molar-refractivity contribution in [2.45, 2.75) is 0 Å². The van der Waals surface area contributed by atoms with Crippen LogP contribution in [0.15, 0.2) is 36.5 Å². The number of aromatic nitrogens is 3. The first-order chi connectivity index (χ1) is 13.5. The second kappa shape index (κ2) is 7.81. The van der Waals surface area contributed by atoms with Crippen LogP contribution in [0.25, 0.3) is 16.9 Å². The first kappa shape index (κ1) is 18.8. The van der Waals surface area contributed by atoms with Crippen LogP contribution >= 0.6 is 0 Å². The highest BCUT2D eigenvalue weighted by Crippen LogP contribution is 2.26. The summed E-state index contributed by atoms with van der Waals surface area (Å²) in [5, 5.41) is 4.40. The van der Waals surface area contributed by atoms with Gasteiger partial charge in [0, 0.05) is 57.0 Å². The van der Waals surface area contributed by atoms with Crippen LogP contribution in [0, 0.1) is 11.6 Å². The topological polar surface area (TPSA) is 39.9 Å². The molecule has 1 aromatic carbocycles. The van der Waals surface area contributed by atoms with Gasteiger partial charge < -0.3 is 9.80 Å². The van der Waals surface area contributed by atoms with Crippen molar-refractivity contribution in [2.24, 2.45) is 0 Å². The zero-order chi connectivity index (χ0) is 19.7. The molecule has 0 amide bonds. The predicted molar refractivity (Wildman–Crippen MR) is 106 cm³/mol. The van der Waals surface area contributed by atoms with Crippen molar-refractivity contribution in [1.82, 2.24) is 24.4 Å². The molecule has 148 valence electrons. The van der Waals surface area contributed by atoms with Crippen molar-refractivity contribution >= 4 is 11.5 Å². The van der Waals surface area contributed by atoms with Gasteiger partial charge in [0.05, 0.1) is 11.9 Å². The van der Waals surface area contributed by atoms with Gasteiger partial charge in [-0.25, -0.2) is 13.8 Å². The quantitative estimate of drug-likeness (QED) is 0.673. The number of halogens is 2. The third-order valence-corrected chi connectivity index (χ3v) is 5.12. The number of piperazine rings is 1. The van der Waals surface area contributed by atoms with Gasteiger partial charge in [0.1, 0.15) is 5.82 Å². The van der Waals surface area contributed by atoms with Crippen LogP contribution < -0.4 is 4.90 Å². The van der Waals surface area contributed by atoms with Crippen molar-refractivity contribution in [1.29, 1.82) is 0 Å². The van der Waals surface area contributed by atoms with E-state index < -0.39 is 11.6 Å². The Morgan fingerprint density at radius 1 is 1.00 bits per heavy atom. The number of nitrogens with zero attached hydrogens (tertiary/aromatic N) is 6. The number of hydrogen-bond acceptors (Lipinski definition) is 5. The Hall–Kier alpha value is -2.58. The molecule has 1 aliphatic rings. The van der Waals surface area contributed by atoms with Gasteiger partial charge in [0.2, 0.25) is 0 Å². The summed E-state index contributed by atoms with van der Waals surface area (Å²) in [6.07, 6.45) is 1.70. The van der Waals surface area contributed by atoms with Crippen LogP contribution in [0.1, 0.15) is 0 Å². The monoisotopic (exact) mass is 386 g/mol. The molecular weight excluding hydrogens is 362 g/mol. The molecule has 8 heteroatoms. The number of rotatable bonds is 5. The second-order valence-electron chi connectivity index (χ2n) is 7.36. The molecule has 3 aromatic rings. The molecule has 0 atom stereocenters. The number of hydrogen-bond donors (Lipinski definition) is 0. The average molecular weight is 386 g/mol. The van der Waals surface area contributed by atoms with Crippen molar-refractivity contribution in [3.05, 3.63) is 48.2 Å². The van der Waals surface area contributed by atoms with Gasteiger partial charge in [-0.1, -0.05) is 0 Å². The summed E-state index contributed by atoms with van der Waals surface area (Å²) in [4.78, 5) is 11.5. The average Bonchev–Trinajstić information content (AvgIpc) is 3.17. The molecule has 1 saturated heterocycles. The minimum atomic E-state index is -0.872. The summed E-state index contributed by atoms with van der Waals surface area (Å²) in [6, 6.07) is 7.60. The lowest BCUT2D eigenvalue weighted by molar-refractivity contribution is 0.229. The molecular formula is C20H24F2N6. The standard InChI is InChI=1S/C20H24F2N6/c1-25(2)7-8-26-9-11-27(12-10-26)20-14-18(24-19-5-6-23-28(19)20)15-3-4-16(21)17(22)13-15/h3-6,13-14H,7-12H2,1-2H3. The summed E-state index contributed by atoms with van der Waals surface area (Å²) in [7, 11) is 4.17. The zero-order valence-corrected chi connectivity index (χ0v) is 16.1. The Morgan fingerprint density at radius 2 is 1.79 bits per heavy atom. The minimum absolute atomic E-state index is 0.550. The van der Waals surface area contributed by atoms with Crippen LogP contribution in [0.3, 0.4) is 0 Å². The fraction of sp³-hybridized carbons (Fsp3) is 0.400. The number of anilines is 1. The molecule has 6 nitrogen and oxygen atoms in total. The van der Waals surface area contributed by atoms with Gasteiger partial charge in [-0.05, 0) is 32.3 Å². The molecule has 0 N–H and O–H groups in total. The van der Waals surface area contributed by atoms with Gasteiger partial charge in [0.25, 0.3) is 0 Å². The van der Waals surface area contributed by atoms with E-state index in [1.807, 2.05) is 12.1 Å². The van der Waals surface area contributed by atoms with E-state index in [4.69, 9.17) is 0 Å². The highest BCUT2D eigenvalue weighted by atomic mass is 19.2. The lowest BCUT2D eigenvalue weighted by atomic mass is 10.1. The predicted octanol–water partition coefficient (Wildman–Crippen LogP) is 2.36. The van der Waals surface area contributed by atoms with Crippen LogP contribution in [0.5, 0.6) is 0 Å². The lowest BCUT2D eigenvalue weighted by Crippen LogP contribution is -2.48. The van der Waals surface area contributed by atoms with Crippen LogP contribution in [-0.4, -0.2) is 77.8 Å². The summed E-state index contributed by atoms with van der Waals surface area (Å²) in [6.45, 7) is 5.79. The van der Waals surface area contributed by atoms with E-state index >= 15 is 0 Å². The Kier molecular flexibility index (Phi) is 5.23. The SMILES string of the molecule is CN(C)CCN1CCN(c2cc(-c3ccc(F)c(F)c3)nc3ccnn23)CC1. The maximum atomic E-state index is 13.7. The summed E-state index contributed by atoms with van der Waals surface area (Å²) in [5.41, 5.74) is 1.85. The molecule has 0 saturated carbocycles. The summed E-state index contributed by atoms with van der Waals surface area (Å²) in [5.74, 6) is -0.811.